The summed E-state index contributed by atoms with van der Waals surface area (Å²) in [5.41, 5.74) is 4.08. The largest absolute Gasteiger partial charge is 0.359 e. The Kier molecular flexibility index (Phi) is 2.87. The van der Waals surface area contributed by atoms with E-state index in [2.05, 4.69) is 32.4 Å². The van der Waals surface area contributed by atoms with E-state index in [1.54, 1.807) is 0 Å². The van der Waals surface area contributed by atoms with E-state index >= 15 is 0 Å². The number of fused-ring (bicyclic) bond motifs is 1. The smallest absolute Gasteiger partial charge is 0.224 e. The molecule has 3 aromatic rings. The Morgan fingerprint density at radius 2 is 1.95 bits per heavy atom. The summed E-state index contributed by atoms with van der Waals surface area (Å²) in [6.45, 7) is 3.93. The van der Waals surface area contributed by atoms with Crippen LogP contribution in [0.15, 0.2) is 30.3 Å². The van der Waals surface area contributed by atoms with Crippen molar-refractivity contribution in [1.82, 2.24) is 15.0 Å². The molecule has 0 atom stereocenters. The molecule has 2 heterocycles. The number of hydrogen-bond acceptors (Lipinski definition) is 3. The SMILES string of the molecule is Cc1cc(Nc2ccc3[nH]c(C)cc3c2)nc(Cl)n1. The van der Waals surface area contributed by atoms with Crippen molar-refractivity contribution in [2.45, 2.75) is 13.8 Å². The molecule has 2 aromatic heterocycles. The van der Waals surface area contributed by atoms with Gasteiger partial charge in [-0.2, -0.15) is 0 Å². The average Bonchev–Trinajstić information content (AvgIpc) is 2.67. The lowest BCUT2D eigenvalue weighted by Gasteiger charge is -2.06. The molecular formula is C14H13ClN4. The first kappa shape index (κ1) is 12.0. The standard InChI is InChI=1S/C14H13ClN4/c1-8-5-10-7-11(3-4-12(10)16-8)18-13-6-9(2)17-14(15)19-13/h3-7,16H,1-2H3,(H,17,18,19). The number of aromatic nitrogens is 3. The molecule has 0 aliphatic carbocycles. The molecule has 0 fully saturated rings. The zero-order chi connectivity index (χ0) is 13.4. The summed E-state index contributed by atoms with van der Waals surface area (Å²) in [6, 6.07) is 10.1. The summed E-state index contributed by atoms with van der Waals surface area (Å²) >= 11 is 5.85. The molecule has 19 heavy (non-hydrogen) atoms. The zero-order valence-electron chi connectivity index (χ0n) is 10.7. The highest BCUT2D eigenvalue weighted by Gasteiger charge is 2.03. The van der Waals surface area contributed by atoms with Crippen LogP contribution in [0.4, 0.5) is 11.5 Å². The highest BCUT2D eigenvalue weighted by atomic mass is 35.5. The third-order valence-corrected chi connectivity index (χ3v) is 3.02. The number of aromatic amines is 1. The maximum Gasteiger partial charge on any atom is 0.224 e. The van der Waals surface area contributed by atoms with Gasteiger partial charge < -0.3 is 10.3 Å². The molecule has 3 rings (SSSR count). The third kappa shape index (κ3) is 2.53. The Bertz CT molecular complexity index is 728. The van der Waals surface area contributed by atoms with Gasteiger partial charge in [-0.3, -0.25) is 0 Å². The molecule has 0 saturated carbocycles. The van der Waals surface area contributed by atoms with Gasteiger partial charge in [-0.05, 0) is 49.7 Å². The predicted molar refractivity (Wildman–Crippen MR) is 78.1 cm³/mol. The number of aryl methyl sites for hydroxylation is 2. The number of benzene rings is 1. The van der Waals surface area contributed by atoms with Gasteiger partial charge in [-0.25, -0.2) is 9.97 Å². The van der Waals surface area contributed by atoms with Gasteiger partial charge >= 0.3 is 0 Å². The van der Waals surface area contributed by atoms with E-state index in [1.807, 2.05) is 32.0 Å². The minimum Gasteiger partial charge on any atom is -0.359 e. The van der Waals surface area contributed by atoms with Crippen molar-refractivity contribution < 1.29 is 0 Å². The number of nitrogens with zero attached hydrogens (tertiary/aromatic N) is 2. The lowest BCUT2D eigenvalue weighted by Crippen LogP contribution is -1.96. The molecule has 2 N–H and O–H groups in total. The Morgan fingerprint density at radius 3 is 2.74 bits per heavy atom. The van der Waals surface area contributed by atoms with Gasteiger partial charge in [0.05, 0.1) is 0 Å². The topological polar surface area (TPSA) is 53.6 Å². The number of nitrogens with one attached hydrogen (secondary N) is 2. The van der Waals surface area contributed by atoms with Crippen LogP contribution in [0.2, 0.25) is 5.28 Å². The van der Waals surface area contributed by atoms with E-state index in [0.29, 0.717) is 5.82 Å². The lowest BCUT2D eigenvalue weighted by molar-refractivity contribution is 1.10. The zero-order valence-corrected chi connectivity index (χ0v) is 11.4. The maximum atomic E-state index is 5.85. The molecule has 0 amide bonds. The first-order valence-electron chi connectivity index (χ1n) is 5.98. The normalized spacial score (nSPS) is 10.9. The second kappa shape index (κ2) is 4.55. The van der Waals surface area contributed by atoms with Gasteiger partial charge in [0.15, 0.2) is 0 Å². The van der Waals surface area contributed by atoms with E-state index < -0.39 is 0 Å². The molecular weight excluding hydrogens is 260 g/mol. The molecule has 0 saturated heterocycles. The van der Waals surface area contributed by atoms with Crippen LogP contribution >= 0.6 is 11.6 Å². The molecule has 0 spiro atoms. The Morgan fingerprint density at radius 1 is 1.11 bits per heavy atom. The summed E-state index contributed by atoms with van der Waals surface area (Å²) in [4.78, 5) is 11.5. The van der Waals surface area contributed by atoms with E-state index in [0.717, 1.165) is 22.6 Å². The molecule has 0 aliphatic heterocycles. The first-order valence-corrected chi connectivity index (χ1v) is 6.35. The van der Waals surface area contributed by atoms with E-state index in [4.69, 9.17) is 11.6 Å². The van der Waals surface area contributed by atoms with Gasteiger partial charge in [0.2, 0.25) is 5.28 Å². The monoisotopic (exact) mass is 272 g/mol. The van der Waals surface area contributed by atoms with Crippen LogP contribution in [0, 0.1) is 13.8 Å². The van der Waals surface area contributed by atoms with Gasteiger partial charge in [0.1, 0.15) is 5.82 Å². The minimum absolute atomic E-state index is 0.251. The number of rotatable bonds is 2. The summed E-state index contributed by atoms with van der Waals surface area (Å²) in [5, 5.41) is 4.65. The molecule has 0 unspecified atom stereocenters. The van der Waals surface area contributed by atoms with Crippen molar-refractivity contribution in [2.75, 3.05) is 5.32 Å². The van der Waals surface area contributed by atoms with Crippen LogP contribution in [-0.4, -0.2) is 15.0 Å². The van der Waals surface area contributed by atoms with Crippen molar-refractivity contribution in [3.63, 3.8) is 0 Å². The van der Waals surface area contributed by atoms with Gasteiger partial charge in [0, 0.05) is 34.0 Å². The van der Waals surface area contributed by atoms with E-state index in [1.165, 1.54) is 5.39 Å². The van der Waals surface area contributed by atoms with Crippen molar-refractivity contribution >= 4 is 34.0 Å². The summed E-state index contributed by atoms with van der Waals surface area (Å²) in [7, 11) is 0. The average molecular weight is 273 g/mol. The molecule has 0 bridgehead atoms. The number of anilines is 2. The second-order valence-corrected chi connectivity index (χ2v) is 4.88. The Labute approximate surface area is 115 Å². The molecule has 1 aromatic carbocycles. The van der Waals surface area contributed by atoms with Crippen molar-refractivity contribution in [2.24, 2.45) is 0 Å². The van der Waals surface area contributed by atoms with Crippen LogP contribution in [0.25, 0.3) is 10.9 Å². The summed E-state index contributed by atoms with van der Waals surface area (Å²) < 4.78 is 0. The quantitative estimate of drug-likeness (QED) is 0.694. The first-order chi connectivity index (χ1) is 9.10. The third-order valence-electron chi connectivity index (χ3n) is 2.85. The fraction of sp³-hybridized carbons (Fsp3) is 0.143. The van der Waals surface area contributed by atoms with Gasteiger partial charge in [0.25, 0.3) is 0 Å². The number of halogens is 1. The van der Waals surface area contributed by atoms with Gasteiger partial charge in [-0.1, -0.05) is 0 Å². The fourth-order valence-electron chi connectivity index (χ4n) is 2.10. The lowest BCUT2D eigenvalue weighted by atomic mass is 10.2. The summed E-state index contributed by atoms with van der Waals surface area (Å²) in [6.07, 6.45) is 0. The van der Waals surface area contributed by atoms with Crippen LogP contribution in [-0.2, 0) is 0 Å². The van der Waals surface area contributed by atoms with Crippen LogP contribution in [0.1, 0.15) is 11.4 Å². The van der Waals surface area contributed by atoms with Crippen LogP contribution < -0.4 is 5.32 Å². The summed E-state index contributed by atoms with van der Waals surface area (Å²) in [5.74, 6) is 0.698. The number of hydrogen-bond donors (Lipinski definition) is 2. The molecule has 96 valence electrons. The van der Waals surface area contributed by atoms with Gasteiger partial charge in [-0.15, -0.1) is 0 Å². The Balaban J connectivity index is 1.95. The predicted octanol–water partition coefficient (Wildman–Crippen LogP) is 3.97. The minimum atomic E-state index is 0.251. The molecule has 0 radical (unpaired) electrons. The highest BCUT2D eigenvalue weighted by Crippen LogP contribution is 2.22. The van der Waals surface area contributed by atoms with Crippen molar-refractivity contribution in [3.05, 3.63) is 47.0 Å². The number of H-pyrrole nitrogens is 1. The maximum absolute atomic E-state index is 5.85. The Hall–Kier alpha value is -2.07. The fourth-order valence-corrected chi connectivity index (χ4v) is 2.32. The second-order valence-electron chi connectivity index (χ2n) is 4.54. The van der Waals surface area contributed by atoms with Crippen LogP contribution in [0.5, 0.6) is 0 Å². The molecule has 0 aliphatic rings. The molecule has 4 nitrogen and oxygen atoms in total. The van der Waals surface area contributed by atoms with E-state index in [-0.39, 0.29) is 5.28 Å². The van der Waals surface area contributed by atoms with Crippen molar-refractivity contribution in [3.8, 4) is 0 Å². The van der Waals surface area contributed by atoms with Crippen molar-refractivity contribution in [1.29, 1.82) is 0 Å². The molecule has 5 heteroatoms. The highest BCUT2D eigenvalue weighted by molar-refractivity contribution is 6.28. The van der Waals surface area contributed by atoms with Crippen LogP contribution in [0.3, 0.4) is 0 Å². The van der Waals surface area contributed by atoms with E-state index in [9.17, 15) is 0 Å².